The second kappa shape index (κ2) is 6.80. The Hall–Kier alpha value is -1.59. The van der Waals surface area contributed by atoms with E-state index in [2.05, 4.69) is 14.2 Å². The van der Waals surface area contributed by atoms with E-state index in [1.54, 1.807) is 6.92 Å². The second-order valence-electron chi connectivity index (χ2n) is 2.65. The molecule has 0 rings (SSSR count). The monoisotopic (exact) mass is 218 g/mol. The highest BCUT2D eigenvalue weighted by Crippen LogP contribution is 1.98. The Morgan fingerprint density at radius 2 is 1.67 bits per heavy atom. The minimum atomic E-state index is -1.19. The van der Waals surface area contributed by atoms with Gasteiger partial charge in [-0.1, -0.05) is 0 Å². The molecule has 0 amide bonds. The van der Waals surface area contributed by atoms with Gasteiger partial charge in [-0.25, -0.2) is 4.79 Å². The van der Waals surface area contributed by atoms with Gasteiger partial charge >= 0.3 is 17.9 Å². The van der Waals surface area contributed by atoms with Gasteiger partial charge in [-0.3, -0.25) is 9.59 Å². The largest absolute Gasteiger partial charge is 0.463 e. The lowest BCUT2D eigenvalue weighted by atomic mass is 10.4. The average Bonchev–Trinajstić information content (AvgIpc) is 2.11. The van der Waals surface area contributed by atoms with Crippen LogP contribution in [0, 0.1) is 0 Å². The van der Waals surface area contributed by atoms with Crippen LogP contribution in [0.4, 0.5) is 0 Å². The number of carbonyl (C=O) groups excluding carboxylic acids is 3. The van der Waals surface area contributed by atoms with Gasteiger partial charge < -0.3 is 14.2 Å². The molecule has 0 fully saturated rings. The summed E-state index contributed by atoms with van der Waals surface area (Å²) in [5.74, 6) is -1.93. The van der Waals surface area contributed by atoms with Crippen molar-refractivity contribution in [3.63, 3.8) is 0 Å². The summed E-state index contributed by atoms with van der Waals surface area (Å²) < 4.78 is 13.8. The quantitative estimate of drug-likeness (QED) is 0.479. The van der Waals surface area contributed by atoms with Gasteiger partial charge in [-0.2, -0.15) is 0 Å². The van der Waals surface area contributed by atoms with E-state index in [9.17, 15) is 14.4 Å². The smallest absolute Gasteiger partial charge is 0.351 e. The molecule has 0 aromatic carbocycles. The molecule has 0 aliphatic carbocycles. The summed E-state index contributed by atoms with van der Waals surface area (Å²) >= 11 is 0. The molecule has 0 unspecified atom stereocenters. The first-order valence-electron chi connectivity index (χ1n) is 4.44. The third-order valence-corrected chi connectivity index (χ3v) is 1.30. The Bertz CT molecular complexity index is 247. The molecule has 15 heavy (non-hydrogen) atoms. The second-order valence-corrected chi connectivity index (χ2v) is 2.65. The zero-order valence-corrected chi connectivity index (χ0v) is 8.94. The molecule has 0 radical (unpaired) electrons. The maximum Gasteiger partial charge on any atom is 0.351 e. The van der Waals surface area contributed by atoms with Gasteiger partial charge in [0.2, 0.25) is 6.10 Å². The van der Waals surface area contributed by atoms with Crippen molar-refractivity contribution in [3.8, 4) is 0 Å². The third kappa shape index (κ3) is 6.48. The van der Waals surface area contributed by atoms with Crippen LogP contribution < -0.4 is 0 Å². The number of hydrogen-bond donors (Lipinski definition) is 0. The van der Waals surface area contributed by atoms with Crippen LogP contribution in [-0.2, 0) is 28.6 Å². The first-order valence-corrected chi connectivity index (χ1v) is 4.44. The lowest BCUT2D eigenvalue weighted by molar-refractivity contribution is -0.172. The highest BCUT2D eigenvalue weighted by atomic mass is 16.6. The Morgan fingerprint density at radius 3 is 2.07 bits per heavy atom. The van der Waals surface area contributed by atoms with Crippen molar-refractivity contribution in [2.75, 3.05) is 13.2 Å². The van der Waals surface area contributed by atoms with Crippen molar-refractivity contribution in [2.45, 2.75) is 26.9 Å². The molecule has 0 aromatic heterocycles. The van der Waals surface area contributed by atoms with Gasteiger partial charge in [-0.05, 0) is 6.92 Å². The normalized spacial score (nSPS) is 11.4. The minimum absolute atomic E-state index is 0.163. The Kier molecular flexibility index (Phi) is 6.08. The number of hydrogen-bond acceptors (Lipinski definition) is 6. The highest BCUT2D eigenvalue weighted by Gasteiger charge is 2.24. The van der Waals surface area contributed by atoms with Crippen LogP contribution in [-0.4, -0.2) is 37.2 Å². The summed E-state index contributed by atoms with van der Waals surface area (Å²) in [5.41, 5.74) is 0. The van der Waals surface area contributed by atoms with Crippen LogP contribution >= 0.6 is 0 Å². The topological polar surface area (TPSA) is 78.9 Å². The molecule has 0 spiro atoms. The van der Waals surface area contributed by atoms with Gasteiger partial charge in [0.1, 0.15) is 6.61 Å². The summed E-state index contributed by atoms with van der Waals surface area (Å²) in [4.78, 5) is 32.3. The van der Waals surface area contributed by atoms with Crippen LogP contribution in [0.5, 0.6) is 0 Å². The van der Waals surface area contributed by atoms with Gasteiger partial charge in [0.05, 0.1) is 6.61 Å². The summed E-state index contributed by atoms with van der Waals surface area (Å²) in [6, 6.07) is 0. The third-order valence-electron chi connectivity index (χ3n) is 1.30. The van der Waals surface area contributed by atoms with Gasteiger partial charge in [0.25, 0.3) is 0 Å². The number of esters is 3. The Balaban J connectivity index is 4.23. The van der Waals surface area contributed by atoms with Crippen LogP contribution in [0.1, 0.15) is 20.8 Å². The van der Waals surface area contributed by atoms with E-state index in [0.717, 1.165) is 6.92 Å². The van der Waals surface area contributed by atoms with E-state index in [-0.39, 0.29) is 13.2 Å². The van der Waals surface area contributed by atoms with Crippen molar-refractivity contribution in [3.05, 3.63) is 0 Å². The van der Waals surface area contributed by atoms with Crippen molar-refractivity contribution in [2.24, 2.45) is 0 Å². The van der Waals surface area contributed by atoms with E-state index >= 15 is 0 Å². The molecular weight excluding hydrogens is 204 g/mol. The van der Waals surface area contributed by atoms with E-state index in [1.807, 2.05) is 0 Å². The van der Waals surface area contributed by atoms with Crippen LogP contribution in [0.2, 0.25) is 0 Å². The zero-order valence-electron chi connectivity index (χ0n) is 8.94. The first kappa shape index (κ1) is 13.4. The molecule has 6 nitrogen and oxygen atoms in total. The predicted molar refractivity (Wildman–Crippen MR) is 48.8 cm³/mol. The maximum atomic E-state index is 11.2. The van der Waals surface area contributed by atoms with Gasteiger partial charge in [-0.15, -0.1) is 0 Å². The van der Waals surface area contributed by atoms with Gasteiger partial charge in [0, 0.05) is 13.8 Å². The van der Waals surface area contributed by atoms with E-state index in [1.165, 1.54) is 6.92 Å². The Morgan fingerprint density at radius 1 is 1.07 bits per heavy atom. The molecule has 0 saturated carbocycles. The maximum absolute atomic E-state index is 11.2. The fourth-order valence-corrected chi connectivity index (χ4v) is 0.779. The van der Waals surface area contributed by atoms with Crippen molar-refractivity contribution in [1.82, 2.24) is 0 Å². The van der Waals surface area contributed by atoms with Crippen LogP contribution in [0.25, 0.3) is 0 Å². The van der Waals surface area contributed by atoms with E-state index < -0.39 is 24.0 Å². The summed E-state index contributed by atoms with van der Waals surface area (Å²) in [6.07, 6.45) is -1.19. The van der Waals surface area contributed by atoms with Gasteiger partial charge in [0.15, 0.2) is 0 Å². The molecule has 0 bridgehead atoms. The molecule has 86 valence electrons. The molecular formula is C9H14O6. The lowest BCUT2D eigenvalue weighted by Gasteiger charge is -2.14. The summed E-state index contributed by atoms with van der Waals surface area (Å²) in [7, 11) is 0. The average molecular weight is 218 g/mol. The highest BCUT2D eigenvalue weighted by molar-refractivity contribution is 5.79. The first-order chi connectivity index (χ1) is 6.97. The minimum Gasteiger partial charge on any atom is -0.463 e. The molecule has 0 heterocycles. The molecule has 0 aliphatic heterocycles. The molecule has 6 heteroatoms. The zero-order chi connectivity index (χ0) is 11.8. The molecule has 0 saturated heterocycles. The number of ether oxygens (including phenoxy) is 3. The SMILES string of the molecule is CCOC(=O)[C@H](COC(C)=O)OC(C)=O. The molecule has 1 atom stereocenters. The van der Waals surface area contributed by atoms with Crippen molar-refractivity contribution >= 4 is 17.9 Å². The van der Waals surface area contributed by atoms with Crippen LogP contribution in [0.15, 0.2) is 0 Å². The number of rotatable bonds is 5. The van der Waals surface area contributed by atoms with E-state index in [0.29, 0.717) is 0 Å². The van der Waals surface area contributed by atoms with Crippen LogP contribution in [0.3, 0.4) is 0 Å². The van der Waals surface area contributed by atoms with Crippen molar-refractivity contribution in [1.29, 1.82) is 0 Å². The van der Waals surface area contributed by atoms with E-state index in [4.69, 9.17) is 0 Å². The number of carbonyl (C=O) groups is 3. The molecule has 0 aliphatic rings. The van der Waals surface area contributed by atoms with Crippen molar-refractivity contribution < 1.29 is 28.6 Å². The fraction of sp³-hybridized carbons (Fsp3) is 0.667. The Labute approximate surface area is 87.5 Å². The molecule has 0 N–H and O–H groups in total. The standard InChI is InChI=1S/C9H14O6/c1-4-13-9(12)8(15-7(3)11)5-14-6(2)10/h8H,4-5H2,1-3H3/t8-/m0/s1. The molecule has 0 aromatic rings. The summed E-state index contributed by atoms with van der Waals surface area (Å²) in [5, 5.41) is 0. The summed E-state index contributed by atoms with van der Waals surface area (Å²) in [6.45, 7) is 3.80. The fourth-order valence-electron chi connectivity index (χ4n) is 0.779. The lowest BCUT2D eigenvalue weighted by Crippen LogP contribution is -2.33. The predicted octanol–water partition coefficient (Wildman–Crippen LogP) is 0.0443.